The first-order valence-electron chi connectivity index (χ1n) is 8.61. The lowest BCUT2D eigenvalue weighted by molar-refractivity contribution is 0.163. The van der Waals surface area contributed by atoms with E-state index >= 15 is 0 Å². The average Bonchev–Trinajstić information content (AvgIpc) is 3.03. The second-order valence-corrected chi connectivity index (χ2v) is 7.74. The zero-order valence-corrected chi connectivity index (χ0v) is 14.7. The van der Waals surface area contributed by atoms with Gasteiger partial charge in [0.15, 0.2) is 0 Å². The van der Waals surface area contributed by atoms with Crippen LogP contribution in [0.3, 0.4) is 0 Å². The van der Waals surface area contributed by atoms with Crippen LogP contribution in [0.2, 0.25) is 0 Å². The molecule has 0 aromatic carbocycles. The van der Waals surface area contributed by atoms with Crippen LogP contribution >= 0.6 is 0 Å². The Morgan fingerprint density at radius 3 is 2.62 bits per heavy atom. The Morgan fingerprint density at radius 1 is 1.25 bits per heavy atom. The summed E-state index contributed by atoms with van der Waals surface area (Å²) in [5.41, 5.74) is 2.03. The Bertz CT molecular complexity index is 707. The molecule has 1 aliphatic rings. The average molecular weight is 330 g/mol. The zero-order chi connectivity index (χ0) is 17.2. The Kier molecular flexibility index (Phi) is 4.85. The van der Waals surface area contributed by atoms with Crippen LogP contribution in [0, 0.1) is 5.92 Å². The number of nitrogens with zero attached hydrogens (tertiary/aromatic N) is 4. The maximum Gasteiger partial charge on any atom is 0.266 e. The van der Waals surface area contributed by atoms with Crippen molar-refractivity contribution in [1.29, 1.82) is 0 Å². The van der Waals surface area contributed by atoms with E-state index in [0.717, 1.165) is 43.7 Å². The highest BCUT2D eigenvalue weighted by molar-refractivity contribution is 5.10. The minimum absolute atomic E-state index is 0.00472. The third-order valence-corrected chi connectivity index (χ3v) is 4.66. The number of hydrogen-bond donors (Lipinski definition) is 0. The van der Waals surface area contributed by atoms with Gasteiger partial charge in [0.1, 0.15) is 6.26 Å². The Balaban J connectivity index is 1.59. The first-order chi connectivity index (χ1) is 11.4. The molecule has 1 fully saturated rings. The first kappa shape index (κ1) is 16.9. The van der Waals surface area contributed by atoms with Crippen LogP contribution in [0.15, 0.2) is 33.9 Å². The summed E-state index contributed by atoms with van der Waals surface area (Å²) >= 11 is 0. The number of piperidine rings is 1. The van der Waals surface area contributed by atoms with Crippen molar-refractivity contribution in [2.24, 2.45) is 5.92 Å². The fraction of sp³-hybridized carbons (Fsp3) is 0.611. The van der Waals surface area contributed by atoms with Gasteiger partial charge in [0.05, 0.1) is 11.9 Å². The van der Waals surface area contributed by atoms with Crippen molar-refractivity contribution in [3.63, 3.8) is 0 Å². The number of likely N-dealkylation sites (tertiary alicyclic amines) is 1. The van der Waals surface area contributed by atoms with Crippen molar-refractivity contribution >= 4 is 0 Å². The van der Waals surface area contributed by atoms with Gasteiger partial charge in [0, 0.05) is 30.1 Å². The molecule has 0 bridgehead atoms. The summed E-state index contributed by atoms with van der Waals surface area (Å²) < 4.78 is 6.54. The van der Waals surface area contributed by atoms with Gasteiger partial charge < -0.3 is 4.52 Å². The van der Waals surface area contributed by atoms with Crippen molar-refractivity contribution in [2.45, 2.75) is 52.1 Å². The summed E-state index contributed by atoms with van der Waals surface area (Å²) in [6, 6.07) is 3.50. The van der Waals surface area contributed by atoms with Crippen LogP contribution < -0.4 is 5.56 Å². The maximum absolute atomic E-state index is 12.1. The van der Waals surface area contributed by atoms with Crippen molar-refractivity contribution in [3.8, 4) is 0 Å². The SMILES string of the molecule is CC(C)(C)c1ccc(=O)n(CC2CCN(Cc3cnoc3)CC2)n1. The zero-order valence-electron chi connectivity index (χ0n) is 14.7. The second-order valence-electron chi connectivity index (χ2n) is 7.74. The molecule has 2 aromatic rings. The van der Waals surface area contributed by atoms with E-state index in [1.54, 1.807) is 23.2 Å². The summed E-state index contributed by atoms with van der Waals surface area (Å²) in [4.78, 5) is 14.5. The summed E-state index contributed by atoms with van der Waals surface area (Å²) in [5, 5.41) is 8.34. The van der Waals surface area contributed by atoms with Gasteiger partial charge >= 0.3 is 0 Å². The summed E-state index contributed by atoms with van der Waals surface area (Å²) in [6.07, 6.45) is 5.64. The van der Waals surface area contributed by atoms with E-state index in [1.165, 1.54) is 0 Å². The van der Waals surface area contributed by atoms with Gasteiger partial charge in [0.25, 0.3) is 5.56 Å². The fourth-order valence-electron chi connectivity index (χ4n) is 3.11. The van der Waals surface area contributed by atoms with Gasteiger partial charge in [-0.1, -0.05) is 25.9 Å². The molecule has 6 nitrogen and oxygen atoms in total. The predicted molar refractivity (Wildman–Crippen MR) is 91.7 cm³/mol. The molecule has 130 valence electrons. The van der Waals surface area contributed by atoms with Gasteiger partial charge in [-0.3, -0.25) is 9.69 Å². The van der Waals surface area contributed by atoms with Crippen LogP contribution in [0.1, 0.15) is 44.9 Å². The van der Waals surface area contributed by atoms with Crippen LogP contribution in [0.25, 0.3) is 0 Å². The molecule has 0 radical (unpaired) electrons. The van der Waals surface area contributed by atoms with E-state index in [1.807, 2.05) is 6.07 Å². The lowest BCUT2D eigenvalue weighted by atomic mass is 9.92. The van der Waals surface area contributed by atoms with Gasteiger partial charge in [-0.15, -0.1) is 0 Å². The molecule has 1 saturated heterocycles. The molecule has 3 rings (SSSR count). The third-order valence-electron chi connectivity index (χ3n) is 4.66. The smallest absolute Gasteiger partial charge is 0.266 e. The quantitative estimate of drug-likeness (QED) is 0.861. The molecular formula is C18H26N4O2. The van der Waals surface area contributed by atoms with E-state index < -0.39 is 0 Å². The highest BCUT2D eigenvalue weighted by Gasteiger charge is 2.22. The van der Waals surface area contributed by atoms with Crippen LogP contribution in [-0.2, 0) is 18.5 Å². The number of aromatic nitrogens is 3. The first-order valence-corrected chi connectivity index (χ1v) is 8.61. The molecule has 1 aliphatic heterocycles. The molecule has 0 spiro atoms. The van der Waals surface area contributed by atoms with Gasteiger partial charge in [0.2, 0.25) is 0 Å². The molecule has 0 atom stereocenters. The summed E-state index contributed by atoms with van der Waals surface area (Å²) in [7, 11) is 0. The van der Waals surface area contributed by atoms with Gasteiger partial charge in [-0.05, 0) is 37.9 Å². The molecule has 6 heteroatoms. The van der Waals surface area contributed by atoms with Crippen LogP contribution in [0.4, 0.5) is 0 Å². The molecule has 24 heavy (non-hydrogen) atoms. The van der Waals surface area contributed by atoms with E-state index in [-0.39, 0.29) is 11.0 Å². The predicted octanol–water partition coefficient (Wildman–Crippen LogP) is 2.44. The Morgan fingerprint density at radius 2 is 2.00 bits per heavy atom. The number of hydrogen-bond acceptors (Lipinski definition) is 5. The molecule has 3 heterocycles. The molecule has 0 aliphatic carbocycles. The molecule has 0 unspecified atom stereocenters. The lowest BCUT2D eigenvalue weighted by Crippen LogP contribution is -2.37. The van der Waals surface area contributed by atoms with Gasteiger partial charge in [-0.25, -0.2) is 4.68 Å². The van der Waals surface area contributed by atoms with E-state index in [2.05, 4.69) is 35.9 Å². The van der Waals surface area contributed by atoms with E-state index in [4.69, 9.17) is 4.52 Å². The van der Waals surface area contributed by atoms with Crippen molar-refractivity contribution in [3.05, 3.63) is 46.2 Å². The minimum atomic E-state index is -0.0442. The Hall–Kier alpha value is -1.95. The second kappa shape index (κ2) is 6.89. The largest absolute Gasteiger partial charge is 0.364 e. The van der Waals surface area contributed by atoms with Crippen LogP contribution in [-0.4, -0.2) is 32.9 Å². The molecule has 0 amide bonds. The van der Waals surface area contributed by atoms with E-state index in [0.29, 0.717) is 12.5 Å². The van der Waals surface area contributed by atoms with E-state index in [9.17, 15) is 4.79 Å². The normalized spacial score (nSPS) is 17.3. The summed E-state index contributed by atoms with van der Waals surface area (Å²) in [5.74, 6) is 0.504. The molecule has 2 aromatic heterocycles. The minimum Gasteiger partial charge on any atom is -0.364 e. The van der Waals surface area contributed by atoms with Crippen molar-refractivity contribution in [2.75, 3.05) is 13.1 Å². The third kappa shape index (κ3) is 4.12. The van der Waals surface area contributed by atoms with Gasteiger partial charge in [-0.2, -0.15) is 5.10 Å². The maximum atomic E-state index is 12.1. The summed E-state index contributed by atoms with van der Waals surface area (Å²) in [6.45, 7) is 10.0. The molecular weight excluding hydrogens is 304 g/mol. The van der Waals surface area contributed by atoms with Crippen LogP contribution in [0.5, 0.6) is 0 Å². The highest BCUT2D eigenvalue weighted by atomic mass is 16.5. The van der Waals surface area contributed by atoms with Crippen molar-refractivity contribution in [1.82, 2.24) is 19.8 Å². The topological polar surface area (TPSA) is 64.2 Å². The molecule has 0 N–H and O–H groups in total. The fourth-order valence-corrected chi connectivity index (χ4v) is 3.11. The monoisotopic (exact) mass is 330 g/mol. The van der Waals surface area contributed by atoms with Crippen molar-refractivity contribution < 1.29 is 4.52 Å². The highest BCUT2D eigenvalue weighted by Crippen LogP contribution is 2.21. The Labute approximate surface area is 142 Å². The number of rotatable bonds is 4. The lowest BCUT2D eigenvalue weighted by Gasteiger charge is -2.31. The standard InChI is InChI=1S/C18H26N4O2/c1-18(2,3)16-4-5-17(23)22(20-16)12-14-6-8-21(9-7-14)11-15-10-19-24-13-15/h4-5,10,13-14H,6-9,11-12H2,1-3H3. The molecule has 0 saturated carbocycles.